The molecular formula is C33H41N3O5S. The Hall–Kier alpha value is -3.85. The maximum Gasteiger partial charge on any atom is 0.244 e. The van der Waals surface area contributed by atoms with Crippen LogP contribution in [0.25, 0.3) is 0 Å². The molecule has 0 heterocycles. The van der Waals surface area contributed by atoms with Gasteiger partial charge in [-0.1, -0.05) is 79.9 Å². The standard InChI is InChI=1S/C33H41N3O5S/c1-25-13-10-11-16-27(25)23-35(32(37)24-36(42(3,39)40)29-19-12-20-30(22-29)41-2)31(21-26-14-6-4-7-15-26)33(38)34-28-17-8-5-9-18-28/h4,6-7,10-16,19-20,22,28,31H,5,8-9,17-18,21,23-24H2,1-3H3,(H,34,38). The molecule has 224 valence electrons. The largest absolute Gasteiger partial charge is 0.497 e. The Morgan fingerprint density at radius 3 is 2.31 bits per heavy atom. The van der Waals surface area contributed by atoms with E-state index in [9.17, 15) is 18.0 Å². The molecule has 3 aromatic rings. The van der Waals surface area contributed by atoms with E-state index in [-0.39, 0.29) is 18.5 Å². The Morgan fingerprint density at radius 1 is 0.952 bits per heavy atom. The van der Waals surface area contributed by atoms with Gasteiger partial charge in [-0.2, -0.15) is 0 Å². The summed E-state index contributed by atoms with van der Waals surface area (Å²) in [6, 6.07) is 23.2. The van der Waals surface area contributed by atoms with E-state index in [2.05, 4.69) is 5.32 Å². The number of nitrogens with one attached hydrogen (secondary N) is 1. The smallest absolute Gasteiger partial charge is 0.244 e. The van der Waals surface area contributed by atoms with Crippen molar-refractivity contribution in [1.82, 2.24) is 10.2 Å². The van der Waals surface area contributed by atoms with Gasteiger partial charge >= 0.3 is 0 Å². The monoisotopic (exact) mass is 591 g/mol. The van der Waals surface area contributed by atoms with Crippen LogP contribution in [0.4, 0.5) is 5.69 Å². The van der Waals surface area contributed by atoms with Crippen molar-refractivity contribution in [1.29, 1.82) is 0 Å². The van der Waals surface area contributed by atoms with E-state index in [1.807, 2.05) is 61.5 Å². The fraction of sp³-hybridized carbons (Fsp3) is 0.394. The van der Waals surface area contributed by atoms with Crippen molar-refractivity contribution >= 4 is 27.5 Å². The van der Waals surface area contributed by atoms with Gasteiger partial charge in [0.1, 0.15) is 18.3 Å². The van der Waals surface area contributed by atoms with Gasteiger partial charge in [-0.15, -0.1) is 0 Å². The Kier molecular flexibility index (Phi) is 10.6. The summed E-state index contributed by atoms with van der Waals surface area (Å²) in [5, 5.41) is 3.22. The highest BCUT2D eigenvalue weighted by atomic mass is 32.2. The molecule has 0 saturated heterocycles. The molecule has 1 fully saturated rings. The Morgan fingerprint density at radius 2 is 1.64 bits per heavy atom. The number of rotatable bonds is 12. The summed E-state index contributed by atoms with van der Waals surface area (Å²) in [6.07, 6.45) is 6.47. The van der Waals surface area contributed by atoms with Gasteiger partial charge in [0, 0.05) is 25.1 Å². The van der Waals surface area contributed by atoms with Crippen molar-refractivity contribution in [2.24, 2.45) is 0 Å². The average molecular weight is 592 g/mol. The summed E-state index contributed by atoms with van der Waals surface area (Å²) in [5.74, 6) is -0.217. The number of hydrogen-bond donors (Lipinski definition) is 1. The molecular weight excluding hydrogens is 550 g/mol. The molecule has 1 N–H and O–H groups in total. The first-order valence-corrected chi connectivity index (χ1v) is 16.3. The molecule has 0 aromatic heterocycles. The maximum atomic E-state index is 14.3. The Balaban J connectivity index is 1.73. The van der Waals surface area contributed by atoms with E-state index < -0.39 is 28.5 Å². The lowest BCUT2D eigenvalue weighted by molar-refractivity contribution is -0.140. The van der Waals surface area contributed by atoms with Crippen molar-refractivity contribution in [2.75, 3.05) is 24.2 Å². The van der Waals surface area contributed by atoms with Gasteiger partial charge < -0.3 is 15.0 Å². The lowest BCUT2D eigenvalue weighted by atomic mass is 9.94. The predicted octanol–water partition coefficient (Wildman–Crippen LogP) is 4.86. The average Bonchev–Trinajstić information content (AvgIpc) is 2.99. The fourth-order valence-electron chi connectivity index (χ4n) is 5.45. The van der Waals surface area contributed by atoms with E-state index in [1.54, 1.807) is 29.2 Å². The van der Waals surface area contributed by atoms with Gasteiger partial charge in [0.15, 0.2) is 0 Å². The van der Waals surface area contributed by atoms with Gasteiger partial charge in [0.2, 0.25) is 21.8 Å². The van der Waals surface area contributed by atoms with Crippen LogP contribution in [0, 0.1) is 6.92 Å². The van der Waals surface area contributed by atoms with Crippen LogP contribution in [0.5, 0.6) is 5.75 Å². The van der Waals surface area contributed by atoms with Crippen LogP contribution in [0.2, 0.25) is 0 Å². The quantitative estimate of drug-likeness (QED) is 0.325. The number of hydrogen-bond acceptors (Lipinski definition) is 5. The third kappa shape index (κ3) is 8.35. The summed E-state index contributed by atoms with van der Waals surface area (Å²) in [5.41, 5.74) is 3.10. The van der Waals surface area contributed by atoms with Crippen molar-refractivity contribution in [2.45, 2.75) is 64.1 Å². The minimum atomic E-state index is -3.85. The zero-order chi connectivity index (χ0) is 30.1. The van der Waals surface area contributed by atoms with Gasteiger partial charge in [-0.05, 0) is 48.6 Å². The van der Waals surface area contributed by atoms with Crippen molar-refractivity contribution < 1.29 is 22.7 Å². The molecule has 9 heteroatoms. The molecule has 1 unspecified atom stereocenters. The summed E-state index contributed by atoms with van der Waals surface area (Å²) in [7, 11) is -2.35. The summed E-state index contributed by atoms with van der Waals surface area (Å²) in [4.78, 5) is 29.8. The number of anilines is 1. The molecule has 42 heavy (non-hydrogen) atoms. The molecule has 0 bridgehead atoms. The number of benzene rings is 3. The van der Waals surface area contributed by atoms with E-state index in [4.69, 9.17) is 4.74 Å². The number of carbonyl (C=O) groups is 2. The maximum absolute atomic E-state index is 14.3. The molecule has 0 radical (unpaired) electrons. The molecule has 0 aliphatic heterocycles. The highest BCUT2D eigenvalue weighted by molar-refractivity contribution is 7.92. The van der Waals surface area contributed by atoms with Crippen LogP contribution in [0.15, 0.2) is 78.9 Å². The van der Waals surface area contributed by atoms with Crippen molar-refractivity contribution in [3.05, 3.63) is 95.6 Å². The number of sulfonamides is 1. The van der Waals surface area contributed by atoms with Gasteiger partial charge in [-0.3, -0.25) is 13.9 Å². The molecule has 1 aliphatic carbocycles. The molecule has 3 aromatic carbocycles. The number of amides is 2. The second-order valence-corrected chi connectivity index (χ2v) is 12.9. The van der Waals surface area contributed by atoms with E-state index in [0.29, 0.717) is 17.9 Å². The second-order valence-electron chi connectivity index (χ2n) is 11.0. The van der Waals surface area contributed by atoms with Crippen molar-refractivity contribution in [3.63, 3.8) is 0 Å². The zero-order valence-electron chi connectivity index (χ0n) is 24.7. The number of ether oxygens (including phenoxy) is 1. The number of aryl methyl sites for hydroxylation is 1. The van der Waals surface area contributed by atoms with E-state index >= 15 is 0 Å². The summed E-state index contributed by atoms with van der Waals surface area (Å²) >= 11 is 0. The predicted molar refractivity (Wildman–Crippen MR) is 166 cm³/mol. The lowest BCUT2D eigenvalue weighted by Crippen LogP contribution is -2.55. The summed E-state index contributed by atoms with van der Waals surface area (Å²) in [6.45, 7) is 1.67. The number of carbonyl (C=O) groups excluding carboxylic acids is 2. The molecule has 1 atom stereocenters. The highest BCUT2D eigenvalue weighted by Crippen LogP contribution is 2.25. The van der Waals surface area contributed by atoms with Crippen LogP contribution in [-0.4, -0.2) is 57.1 Å². The summed E-state index contributed by atoms with van der Waals surface area (Å²) < 4.78 is 32.4. The van der Waals surface area contributed by atoms with Gasteiger partial charge in [0.05, 0.1) is 19.1 Å². The van der Waals surface area contributed by atoms with E-state index in [0.717, 1.165) is 59.4 Å². The minimum Gasteiger partial charge on any atom is -0.497 e. The number of methoxy groups -OCH3 is 1. The first kappa shape index (κ1) is 31.1. The molecule has 0 spiro atoms. The minimum absolute atomic E-state index is 0.0595. The Bertz CT molecular complexity index is 1460. The first-order chi connectivity index (χ1) is 20.2. The Labute approximate surface area is 249 Å². The van der Waals surface area contributed by atoms with E-state index in [1.165, 1.54) is 7.11 Å². The van der Waals surface area contributed by atoms with Crippen molar-refractivity contribution in [3.8, 4) is 5.75 Å². The van der Waals surface area contributed by atoms with Crippen LogP contribution < -0.4 is 14.4 Å². The molecule has 4 rings (SSSR count). The topological polar surface area (TPSA) is 96.0 Å². The highest BCUT2D eigenvalue weighted by Gasteiger charge is 2.34. The second kappa shape index (κ2) is 14.4. The van der Waals surface area contributed by atoms with Crippen LogP contribution in [0.3, 0.4) is 0 Å². The van der Waals surface area contributed by atoms with Crippen LogP contribution in [-0.2, 0) is 32.6 Å². The zero-order valence-corrected chi connectivity index (χ0v) is 25.5. The van der Waals surface area contributed by atoms with Gasteiger partial charge in [-0.25, -0.2) is 8.42 Å². The molecule has 1 saturated carbocycles. The fourth-order valence-corrected chi connectivity index (χ4v) is 6.29. The third-order valence-corrected chi connectivity index (χ3v) is 8.99. The molecule has 8 nitrogen and oxygen atoms in total. The van der Waals surface area contributed by atoms with Gasteiger partial charge in [0.25, 0.3) is 0 Å². The molecule has 1 aliphatic rings. The molecule has 2 amide bonds. The normalized spacial score (nSPS) is 14.5. The first-order valence-electron chi connectivity index (χ1n) is 14.5. The van der Waals surface area contributed by atoms with Crippen LogP contribution in [0.1, 0.15) is 48.8 Å². The van der Waals surface area contributed by atoms with Crippen LogP contribution >= 0.6 is 0 Å². The lowest BCUT2D eigenvalue weighted by Gasteiger charge is -2.35. The number of nitrogens with zero attached hydrogens (tertiary/aromatic N) is 2. The SMILES string of the molecule is COc1cccc(N(CC(=O)N(Cc2ccccc2C)C(Cc2ccccc2)C(=O)NC2CCCCC2)S(C)(=O)=O)c1. The third-order valence-electron chi connectivity index (χ3n) is 7.85.